The van der Waals surface area contributed by atoms with Crippen LogP contribution in [0, 0.1) is 17.2 Å². The fourth-order valence-corrected chi connectivity index (χ4v) is 4.31. The molecule has 0 radical (unpaired) electrons. The first kappa shape index (κ1) is 22.1. The maximum absolute atomic E-state index is 12.1. The number of hydrogen-bond donors (Lipinski definition) is 5. The minimum absolute atomic E-state index is 0.171. The number of nitrogens with one attached hydrogen (secondary N) is 1. The number of rotatable bonds is 7. The molecule has 0 bridgehead atoms. The van der Waals surface area contributed by atoms with Gasteiger partial charge in [-0.3, -0.25) is 9.32 Å². The Bertz CT molecular complexity index is 1050. The van der Waals surface area contributed by atoms with Crippen LogP contribution in [-0.2, 0) is 24.2 Å². The van der Waals surface area contributed by atoms with Gasteiger partial charge >= 0.3 is 13.7 Å². The van der Waals surface area contributed by atoms with Crippen LogP contribution in [0.4, 0.5) is 5.82 Å². The first-order valence-electron chi connectivity index (χ1n) is 8.86. The van der Waals surface area contributed by atoms with Crippen molar-refractivity contribution in [2.45, 2.75) is 37.7 Å². The highest BCUT2D eigenvalue weighted by atomic mass is 31.2. The lowest BCUT2D eigenvalue weighted by Crippen LogP contribution is -2.38. The van der Waals surface area contributed by atoms with Crippen molar-refractivity contribution < 1.29 is 33.7 Å². The van der Waals surface area contributed by atoms with E-state index in [2.05, 4.69) is 10.1 Å². The fourth-order valence-electron chi connectivity index (χ4n) is 3.28. The van der Waals surface area contributed by atoms with Crippen LogP contribution in [0.1, 0.15) is 19.5 Å². The van der Waals surface area contributed by atoms with Gasteiger partial charge in [0.25, 0.3) is 0 Å². The smallest absolute Gasteiger partial charge is 0.403 e. The quantitative estimate of drug-likeness (QED) is 0.349. The Kier molecular flexibility index (Phi) is 5.83. The summed E-state index contributed by atoms with van der Waals surface area (Å²) in [7, 11) is -4.47. The van der Waals surface area contributed by atoms with Crippen molar-refractivity contribution in [3.05, 3.63) is 24.2 Å². The molecule has 1 aliphatic rings. The van der Waals surface area contributed by atoms with E-state index in [1.165, 1.54) is 23.8 Å². The molecule has 6 N–H and O–H groups in total. The van der Waals surface area contributed by atoms with Gasteiger partial charge in [0.2, 0.25) is 5.60 Å². The Morgan fingerprint density at radius 1 is 1.60 bits per heavy atom. The summed E-state index contributed by atoms with van der Waals surface area (Å²) < 4.78 is 24.2. The highest BCUT2D eigenvalue weighted by Gasteiger charge is 2.56. The molecule has 1 saturated heterocycles. The zero-order valence-corrected chi connectivity index (χ0v) is 16.9. The van der Waals surface area contributed by atoms with Crippen LogP contribution in [0.5, 0.6) is 0 Å². The van der Waals surface area contributed by atoms with Gasteiger partial charge in [-0.05, 0) is 19.1 Å². The number of fused-ring (bicyclic) bond motifs is 1. The number of carbonyl (C=O) groups is 1. The van der Waals surface area contributed by atoms with E-state index in [9.17, 15) is 24.6 Å². The Morgan fingerprint density at radius 3 is 2.93 bits per heavy atom. The molecule has 1 unspecified atom stereocenters. The van der Waals surface area contributed by atoms with Crippen molar-refractivity contribution in [2.75, 3.05) is 12.3 Å². The van der Waals surface area contributed by atoms with Crippen LogP contribution in [0.2, 0.25) is 0 Å². The second-order valence-corrected chi connectivity index (χ2v) is 8.53. The fraction of sp³-hybridized carbons (Fsp3) is 0.500. The molecule has 3 heterocycles. The van der Waals surface area contributed by atoms with Crippen LogP contribution >= 0.6 is 7.75 Å². The number of nitrogens with two attached hydrogens (primary N) is 1. The highest BCUT2D eigenvalue weighted by Crippen LogP contribution is 2.45. The van der Waals surface area contributed by atoms with E-state index in [4.69, 9.17) is 20.1 Å². The van der Waals surface area contributed by atoms with Crippen LogP contribution in [0.3, 0.4) is 0 Å². The minimum atomic E-state index is -4.47. The molecule has 0 spiro atoms. The SMILES string of the molecule is C[C@H]1[C@@H](O)[C@](C#N)(c2ccc3c(N)ncnn23)O[C@@H]1COP(=O)(O)N[C@@H](C)C(=O)O. The average molecular weight is 440 g/mol. The summed E-state index contributed by atoms with van der Waals surface area (Å²) >= 11 is 0. The maximum Gasteiger partial charge on any atom is 0.403 e. The predicted octanol–water partition coefficient (Wildman–Crippen LogP) is -0.394. The van der Waals surface area contributed by atoms with E-state index in [1.807, 2.05) is 11.2 Å². The highest BCUT2D eigenvalue weighted by molar-refractivity contribution is 7.50. The molecule has 0 saturated carbocycles. The van der Waals surface area contributed by atoms with Crippen LogP contribution in [0.25, 0.3) is 5.52 Å². The zero-order chi connectivity index (χ0) is 22.3. The molecule has 1 aliphatic heterocycles. The van der Waals surface area contributed by atoms with Crippen LogP contribution in [0.15, 0.2) is 18.5 Å². The van der Waals surface area contributed by atoms with Gasteiger partial charge in [0.15, 0.2) is 5.82 Å². The van der Waals surface area contributed by atoms with Gasteiger partial charge in [-0.25, -0.2) is 19.2 Å². The molecule has 2 aromatic heterocycles. The van der Waals surface area contributed by atoms with Gasteiger partial charge in [-0.2, -0.15) is 10.4 Å². The maximum atomic E-state index is 12.1. The van der Waals surface area contributed by atoms with E-state index >= 15 is 0 Å². The number of aliphatic hydroxyl groups is 1. The number of hydrogen-bond acceptors (Lipinski definition) is 9. The Labute approximate surface area is 170 Å². The van der Waals surface area contributed by atoms with Gasteiger partial charge in [-0.1, -0.05) is 6.92 Å². The van der Waals surface area contributed by atoms with E-state index in [-0.39, 0.29) is 11.5 Å². The van der Waals surface area contributed by atoms with E-state index in [0.717, 1.165) is 0 Å². The molecular weight excluding hydrogens is 419 g/mol. The van der Waals surface area contributed by atoms with Gasteiger partial charge < -0.3 is 25.6 Å². The molecule has 0 aromatic carbocycles. The Balaban J connectivity index is 1.84. The number of carboxylic acids is 1. The third-order valence-corrected chi connectivity index (χ3v) is 6.22. The lowest BCUT2D eigenvalue weighted by atomic mass is 9.88. The standard InChI is InChI=1S/C16H21N6O7P/c1-8-11(5-28-30(26,27)21-9(2)15(24)25)29-16(6-17,13(8)23)12-4-3-10-14(18)19-7-20-22(10)12/h3-4,7-9,11,13,23H,5H2,1-2H3,(H,24,25)(H2,18,19,20)(H2,21,26,27)/t8-,9+,11-,13-,16+/m1/s1. The van der Waals surface area contributed by atoms with E-state index in [0.29, 0.717) is 5.52 Å². The number of anilines is 1. The number of nitrogen functional groups attached to an aromatic ring is 1. The molecule has 162 valence electrons. The zero-order valence-electron chi connectivity index (χ0n) is 16.0. The number of nitriles is 1. The number of nitrogens with zero attached hydrogens (tertiary/aromatic N) is 4. The third-order valence-electron chi connectivity index (χ3n) is 5.01. The normalized spacial score (nSPS) is 29.4. The molecule has 14 heteroatoms. The number of aliphatic carboxylic acids is 1. The monoisotopic (exact) mass is 440 g/mol. The van der Waals surface area contributed by atoms with Crippen molar-refractivity contribution in [1.82, 2.24) is 19.7 Å². The Hall–Kier alpha value is -2.59. The van der Waals surface area contributed by atoms with Crippen molar-refractivity contribution in [2.24, 2.45) is 5.92 Å². The predicted molar refractivity (Wildman–Crippen MR) is 101 cm³/mol. The molecule has 0 aliphatic carbocycles. The summed E-state index contributed by atoms with van der Waals surface area (Å²) in [5.74, 6) is -1.84. The first-order valence-corrected chi connectivity index (χ1v) is 10.4. The summed E-state index contributed by atoms with van der Waals surface area (Å²) in [6, 6.07) is 3.74. The summed E-state index contributed by atoms with van der Waals surface area (Å²) in [6.07, 6.45) is -1.08. The van der Waals surface area contributed by atoms with E-state index in [1.54, 1.807) is 13.0 Å². The number of aliphatic hydroxyl groups excluding tert-OH is 1. The first-order chi connectivity index (χ1) is 14.0. The lowest BCUT2D eigenvalue weighted by molar-refractivity contribution is -0.138. The molecule has 6 atom stereocenters. The number of aromatic nitrogens is 3. The lowest BCUT2D eigenvalue weighted by Gasteiger charge is -2.24. The number of carboxylic acid groups (broad SMARTS) is 1. The van der Waals surface area contributed by atoms with Crippen molar-refractivity contribution in [1.29, 1.82) is 5.26 Å². The summed E-state index contributed by atoms with van der Waals surface area (Å²) in [4.78, 5) is 24.6. The van der Waals surface area contributed by atoms with Crippen molar-refractivity contribution in [3.8, 4) is 6.07 Å². The molecule has 0 amide bonds. The topological polar surface area (TPSA) is 205 Å². The van der Waals surface area contributed by atoms with Gasteiger partial charge in [0, 0.05) is 5.92 Å². The van der Waals surface area contributed by atoms with Crippen molar-refractivity contribution >= 4 is 25.1 Å². The van der Waals surface area contributed by atoms with Crippen molar-refractivity contribution in [3.63, 3.8) is 0 Å². The van der Waals surface area contributed by atoms with Gasteiger partial charge in [0.1, 0.15) is 30.1 Å². The summed E-state index contributed by atoms with van der Waals surface area (Å²) in [6.45, 7) is 2.29. The molecular formula is C16H21N6O7P. The largest absolute Gasteiger partial charge is 0.480 e. The number of ether oxygens (including phenoxy) is 1. The Morgan fingerprint density at radius 2 is 2.30 bits per heavy atom. The van der Waals surface area contributed by atoms with Gasteiger partial charge in [0.05, 0.1) is 18.4 Å². The molecule has 30 heavy (non-hydrogen) atoms. The second-order valence-electron chi connectivity index (χ2n) is 6.97. The van der Waals surface area contributed by atoms with Crippen LogP contribution in [-0.4, -0.2) is 60.5 Å². The molecule has 13 nitrogen and oxygen atoms in total. The summed E-state index contributed by atoms with van der Waals surface area (Å²) in [5, 5.41) is 35.6. The minimum Gasteiger partial charge on any atom is -0.480 e. The molecule has 1 fully saturated rings. The van der Waals surface area contributed by atoms with Crippen LogP contribution < -0.4 is 10.8 Å². The van der Waals surface area contributed by atoms with E-state index < -0.39 is 50.1 Å². The molecule has 2 aromatic rings. The molecule has 3 rings (SSSR count). The average Bonchev–Trinajstić information content (AvgIpc) is 3.22. The second kappa shape index (κ2) is 7.92. The van der Waals surface area contributed by atoms with Gasteiger partial charge in [-0.15, -0.1) is 0 Å². The third kappa shape index (κ3) is 3.77. The summed E-state index contributed by atoms with van der Waals surface area (Å²) in [5.41, 5.74) is 4.59.